The lowest BCUT2D eigenvalue weighted by Gasteiger charge is -2.15. The van der Waals surface area contributed by atoms with E-state index in [-0.39, 0.29) is 12.6 Å². The molecule has 0 aliphatic heterocycles. The highest BCUT2D eigenvalue weighted by Gasteiger charge is 2.06. The largest absolute Gasteiger partial charge is 0.459 e. The van der Waals surface area contributed by atoms with Crippen LogP contribution in [-0.4, -0.2) is 48.4 Å². The lowest BCUT2D eigenvalue weighted by Crippen LogP contribution is -3.12. The Morgan fingerprint density at radius 3 is 2.69 bits per heavy atom. The monoisotopic (exact) mass is 302 g/mol. The lowest BCUT2D eigenvalue weighted by molar-refractivity contribution is -0.898. The summed E-state index contributed by atoms with van der Waals surface area (Å²) in [4.78, 5) is 12.0. The zero-order valence-electron chi connectivity index (χ0n) is 7.88. The van der Waals surface area contributed by atoms with Gasteiger partial charge in [-0.15, -0.1) is 0 Å². The van der Waals surface area contributed by atoms with Gasteiger partial charge in [-0.1, -0.05) is 22.6 Å². The Balaban J connectivity index is 3.42. The maximum Gasteiger partial charge on any atom is 0.315 e. The van der Waals surface area contributed by atoms with Gasteiger partial charge in [0.15, 0.2) is 0 Å². The summed E-state index contributed by atoms with van der Waals surface area (Å²) in [6, 6.07) is 0. The molecule has 1 atom stereocenters. The highest BCUT2D eigenvalue weighted by molar-refractivity contribution is 14.1. The molecule has 0 aliphatic rings. The molecule has 0 aromatic carbocycles. The summed E-state index contributed by atoms with van der Waals surface area (Å²) in [6.07, 6.45) is 0. The van der Waals surface area contributed by atoms with Crippen LogP contribution in [0.25, 0.3) is 0 Å². The quantitative estimate of drug-likeness (QED) is 0.355. The molecule has 4 nitrogen and oxygen atoms in total. The van der Waals surface area contributed by atoms with Crippen molar-refractivity contribution >= 4 is 28.6 Å². The summed E-state index contributed by atoms with van der Waals surface area (Å²) < 4.78 is 5.32. The minimum Gasteiger partial charge on any atom is -0.459 e. The maximum absolute atomic E-state index is 10.8. The van der Waals surface area contributed by atoms with Gasteiger partial charge in [-0.05, 0) is 6.92 Å². The van der Waals surface area contributed by atoms with E-state index in [0.717, 1.165) is 19.6 Å². The molecule has 1 unspecified atom stereocenters. The van der Waals surface area contributed by atoms with Crippen molar-refractivity contribution in [2.75, 3.05) is 37.3 Å². The number of aliphatic hydroxyl groups excluding tert-OH is 1. The van der Waals surface area contributed by atoms with E-state index >= 15 is 0 Å². The van der Waals surface area contributed by atoms with E-state index in [1.807, 2.05) is 29.5 Å². The van der Waals surface area contributed by atoms with Crippen molar-refractivity contribution in [1.82, 2.24) is 0 Å². The summed E-state index contributed by atoms with van der Waals surface area (Å²) in [5, 5.41) is 8.69. The normalized spacial score (nSPS) is 12.5. The van der Waals surface area contributed by atoms with Crippen LogP contribution in [0.15, 0.2) is 0 Å². The van der Waals surface area contributed by atoms with E-state index in [2.05, 4.69) is 0 Å². The number of hydrogen-bond donors (Lipinski definition) is 2. The highest BCUT2D eigenvalue weighted by atomic mass is 127. The fourth-order valence-corrected chi connectivity index (χ4v) is 1.20. The van der Waals surface area contributed by atoms with Crippen LogP contribution in [0.3, 0.4) is 0 Å². The molecule has 78 valence electrons. The number of carbonyl (C=O) groups excluding carboxylic acids is 1. The number of hydrogen-bond acceptors (Lipinski definition) is 3. The minimum absolute atomic E-state index is 0.167. The molecule has 0 fully saturated rings. The number of aliphatic hydroxyl groups is 1. The third-order valence-corrected chi connectivity index (χ3v) is 2.42. The van der Waals surface area contributed by atoms with E-state index in [1.165, 1.54) is 4.90 Å². The second-order valence-corrected chi connectivity index (χ2v) is 3.44. The van der Waals surface area contributed by atoms with Gasteiger partial charge in [0.2, 0.25) is 0 Å². The van der Waals surface area contributed by atoms with Crippen LogP contribution in [0.4, 0.5) is 0 Å². The Morgan fingerprint density at radius 1 is 1.54 bits per heavy atom. The topological polar surface area (TPSA) is 51.0 Å². The molecule has 0 aromatic heterocycles. The first-order valence-electron chi connectivity index (χ1n) is 4.40. The first-order valence-corrected chi connectivity index (χ1v) is 5.93. The van der Waals surface area contributed by atoms with Gasteiger partial charge >= 0.3 is 5.97 Å². The Labute approximate surface area is 92.4 Å². The smallest absolute Gasteiger partial charge is 0.315 e. The zero-order valence-corrected chi connectivity index (χ0v) is 10.0. The van der Waals surface area contributed by atoms with Crippen LogP contribution >= 0.6 is 22.6 Å². The third kappa shape index (κ3) is 7.21. The third-order valence-electron chi connectivity index (χ3n) is 1.79. The zero-order chi connectivity index (χ0) is 10.1. The number of esters is 1. The molecule has 0 rings (SSSR count). The second-order valence-electron chi connectivity index (χ2n) is 2.68. The van der Waals surface area contributed by atoms with Crippen LogP contribution in [0.5, 0.6) is 0 Å². The van der Waals surface area contributed by atoms with Crippen LogP contribution in [-0.2, 0) is 9.53 Å². The van der Waals surface area contributed by atoms with Crippen LogP contribution in [0.2, 0.25) is 0 Å². The Bertz CT molecular complexity index is 143. The molecule has 5 heteroatoms. The molecule has 0 bridgehead atoms. The fourth-order valence-electron chi connectivity index (χ4n) is 0.984. The van der Waals surface area contributed by atoms with Gasteiger partial charge in [0.25, 0.3) is 0 Å². The predicted octanol–water partition coefficient (Wildman–Crippen LogP) is -1.14. The average molecular weight is 302 g/mol. The van der Waals surface area contributed by atoms with Crippen molar-refractivity contribution in [2.45, 2.75) is 6.92 Å². The summed E-state index contributed by atoms with van der Waals surface area (Å²) >= 11 is 1.98. The van der Waals surface area contributed by atoms with E-state index in [0.29, 0.717) is 11.0 Å². The Hall–Kier alpha value is 0.120. The summed E-state index contributed by atoms with van der Waals surface area (Å²) in [5.74, 6) is -0.167. The van der Waals surface area contributed by atoms with Crippen LogP contribution in [0, 0.1) is 0 Å². The molecule has 13 heavy (non-hydrogen) atoms. The number of halogens is 1. The molecule has 0 amide bonds. The van der Waals surface area contributed by atoms with Gasteiger partial charge in [-0.3, -0.25) is 4.79 Å². The van der Waals surface area contributed by atoms with Crippen molar-refractivity contribution in [3.63, 3.8) is 0 Å². The molecule has 0 aliphatic carbocycles. The first kappa shape index (κ1) is 13.1. The van der Waals surface area contributed by atoms with Crippen molar-refractivity contribution in [3.8, 4) is 0 Å². The van der Waals surface area contributed by atoms with Crippen LogP contribution < -0.4 is 4.90 Å². The van der Waals surface area contributed by atoms with E-state index in [9.17, 15) is 4.79 Å². The van der Waals surface area contributed by atoms with Gasteiger partial charge in [-0.2, -0.15) is 0 Å². The molecule has 0 saturated carbocycles. The summed E-state index contributed by atoms with van der Waals surface area (Å²) in [5.41, 5.74) is 0. The molecular formula is C8H17INO3+. The van der Waals surface area contributed by atoms with E-state index in [4.69, 9.17) is 9.84 Å². The number of ether oxygens (including phenoxy) is 1. The molecule has 0 spiro atoms. The van der Waals surface area contributed by atoms with E-state index in [1.54, 1.807) is 0 Å². The van der Waals surface area contributed by atoms with Crippen molar-refractivity contribution in [2.24, 2.45) is 0 Å². The molecule has 0 heterocycles. The van der Waals surface area contributed by atoms with Gasteiger partial charge in [-0.25, -0.2) is 0 Å². The maximum atomic E-state index is 10.8. The van der Waals surface area contributed by atoms with Gasteiger partial charge in [0.1, 0.15) is 19.7 Å². The van der Waals surface area contributed by atoms with E-state index < -0.39 is 0 Å². The predicted molar refractivity (Wildman–Crippen MR) is 58.2 cm³/mol. The number of likely N-dealkylation sites (N-methyl/N-ethyl adjacent to an activating group) is 1. The number of alkyl halides is 1. The molecule has 2 N–H and O–H groups in total. The van der Waals surface area contributed by atoms with Gasteiger partial charge in [0.05, 0.1) is 17.6 Å². The SMILES string of the molecule is CC[NH+](CCO)CCOC(=O)CI. The molecule has 0 radical (unpaired) electrons. The standard InChI is InChI=1S/C8H16INO3/c1-2-10(3-5-11)4-6-13-8(12)7-9/h11H,2-7H2,1H3/p+1. The van der Waals surface area contributed by atoms with Crippen molar-refractivity contribution < 1.29 is 19.5 Å². The number of rotatable bonds is 7. The van der Waals surface area contributed by atoms with Crippen LogP contribution in [0.1, 0.15) is 6.92 Å². The molecule has 0 aromatic rings. The average Bonchev–Trinajstić information content (AvgIpc) is 2.16. The molecule has 0 saturated heterocycles. The van der Waals surface area contributed by atoms with Gasteiger partial charge in [0, 0.05) is 0 Å². The Morgan fingerprint density at radius 2 is 2.23 bits per heavy atom. The second kappa shape index (κ2) is 8.71. The number of nitrogens with one attached hydrogen (secondary N) is 1. The van der Waals surface area contributed by atoms with Crippen molar-refractivity contribution in [1.29, 1.82) is 0 Å². The minimum atomic E-state index is -0.167. The highest BCUT2D eigenvalue weighted by Crippen LogP contribution is 1.84. The number of quaternary nitrogens is 1. The first-order chi connectivity index (χ1) is 6.24. The van der Waals surface area contributed by atoms with Gasteiger partial charge < -0.3 is 14.7 Å². The fraction of sp³-hybridized carbons (Fsp3) is 0.875. The lowest BCUT2D eigenvalue weighted by atomic mass is 10.5. The molecular weight excluding hydrogens is 285 g/mol. The summed E-state index contributed by atoms with van der Waals surface area (Å²) in [6.45, 7) is 5.12. The Kier molecular flexibility index (Phi) is 8.79. The summed E-state index contributed by atoms with van der Waals surface area (Å²) in [7, 11) is 0. The number of carbonyl (C=O) groups is 1. The van der Waals surface area contributed by atoms with Crippen molar-refractivity contribution in [3.05, 3.63) is 0 Å².